The van der Waals surface area contributed by atoms with E-state index in [1.807, 2.05) is 36.4 Å². The predicted octanol–water partition coefficient (Wildman–Crippen LogP) is 4.48. The fraction of sp³-hybridized carbons (Fsp3) is 0.0500. The van der Waals surface area contributed by atoms with E-state index < -0.39 is 0 Å². The second-order valence-electron chi connectivity index (χ2n) is 5.72. The van der Waals surface area contributed by atoms with Crippen LogP contribution in [-0.2, 0) is 4.79 Å². The highest BCUT2D eigenvalue weighted by atomic mass is 19.1. The van der Waals surface area contributed by atoms with Crippen LogP contribution in [0.4, 0.5) is 10.1 Å². The van der Waals surface area contributed by atoms with Crippen LogP contribution in [0.2, 0.25) is 0 Å². The fourth-order valence-electron chi connectivity index (χ4n) is 2.80. The molecule has 1 aromatic heterocycles. The number of aromatic nitrogens is 1. The number of fused-ring (bicyclic) bond motifs is 3. The van der Waals surface area contributed by atoms with E-state index in [9.17, 15) is 9.18 Å². The van der Waals surface area contributed by atoms with Crippen molar-refractivity contribution >= 4 is 33.4 Å². The third kappa shape index (κ3) is 3.17. The van der Waals surface area contributed by atoms with Crippen molar-refractivity contribution in [2.75, 3.05) is 11.9 Å². The van der Waals surface area contributed by atoms with Crippen molar-refractivity contribution < 1.29 is 13.9 Å². The van der Waals surface area contributed by atoms with Crippen molar-refractivity contribution in [1.82, 2.24) is 4.98 Å². The van der Waals surface area contributed by atoms with Gasteiger partial charge >= 0.3 is 0 Å². The number of benzene rings is 3. The molecular weight excluding hydrogens is 319 g/mol. The van der Waals surface area contributed by atoms with Crippen LogP contribution in [0.5, 0.6) is 5.75 Å². The van der Waals surface area contributed by atoms with E-state index in [2.05, 4.69) is 16.4 Å². The molecule has 4 rings (SSSR count). The Hall–Kier alpha value is -3.34. The van der Waals surface area contributed by atoms with Crippen LogP contribution in [0, 0.1) is 5.82 Å². The van der Waals surface area contributed by atoms with Gasteiger partial charge in [-0.3, -0.25) is 4.79 Å². The minimum atomic E-state index is -0.346. The third-order valence-corrected chi connectivity index (χ3v) is 3.98. The van der Waals surface area contributed by atoms with Gasteiger partial charge in [0.25, 0.3) is 5.91 Å². The van der Waals surface area contributed by atoms with E-state index in [0.29, 0.717) is 11.4 Å². The minimum Gasteiger partial charge on any atom is -0.484 e. The third-order valence-electron chi connectivity index (χ3n) is 3.98. The minimum absolute atomic E-state index is 0.122. The first kappa shape index (κ1) is 15.2. The molecule has 25 heavy (non-hydrogen) atoms. The number of H-pyrrole nitrogens is 1. The van der Waals surface area contributed by atoms with Gasteiger partial charge in [-0.05, 0) is 42.5 Å². The summed E-state index contributed by atoms with van der Waals surface area (Å²) in [6.45, 7) is -0.122. The number of carbonyl (C=O) groups is 1. The zero-order chi connectivity index (χ0) is 17.2. The number of amides is 1. The molecule has 0 aliphatic carbocycles. The van der Waals surface area contributed by atoms with E-state index >= 15 is 0 Å². The topological polar surface area (TPSA) is 54.1 Å². The number of hydrogen-bond acceptors (Lipinski definition) is 2. The Morgan fingerprint density at radius 3 is 2.56 bits per heavy atom. The molecule has 0 aliphatic heterocycles. The van der Waals surface area contributed by atoms with Gasteiger partial charge in [-0.25, -0.2) is 4.39 Å². The summed E-state index contributed by atoms with van der Waals surface area (Å²) in [7, 11) is 0. The van der Waals surface area contributed by atoms with Crippen molar-refractivity contribution in [2.24, 2.45) is 0 Å². The zero-order valence-corrected chi connectivity index (χ0v) is 13.3. The number of halogens is 1. The van der Waals surface area contributed by atoms with E-state index in [1.165, 1.54) is 24.3 Å². The number of aromatic amines is 1. The summed E-state index contributed by atoms with van der Waals surface area (Å²) in [5.41, 5.74) is 2.54. The van der Waals surface area contributed by atoms with Crippen LogP contribution in [0.1, 0.15) is 0 Å². The molecule has 1 heterocycles. The summed E-state index contributed by atoms with van der Waals surface area (Å²) >= 11 is 0. The normalized spacial score (nSPS) is 10.9. The molecule has 0 aliphatic rings. The van der Waals surface area contributed by atoms with E-state index in [0.717, 1.165) is 21.8 Å². The lowest BCUT2D eigenvalue weighted by molar-refractivity contribution is -0.118. The Bertz CT molecular complexity index is 1050. The molecule has 0 bridgehead atoms. The fourth-order valence-corrected chi connectivity index (χ4v) is 2.80. The molecule has 2 N–H and O–H groups in total. The van der Waals surface area contributed by atoms with Gasteiger partial charge in [-0.2, -0.15) is 0 Å². The summed E-state index contributed by atoms with van der Waals surface area (Å²) in [4.78, 5) is 15.3. The van der Waals surface area contributed by atoms with Crippen molar-refractivity contribution in [3.8, 4) is 5.75 Å². The molecule has 0 unspecified atom stereocenters. The highest BCUT2D eigenvalue weighted by molar-refractivity contribution is 6.07. The van der Waals surface area contributed by atoms with Gasteiger partial charge in [0, 0.05) is 28.0 Å². The quantitative estimate of drug-likeness (QED) is 0.578. The number of ether oxygens (including phenoxy) is 1. The maximum Gasteiger partial charge on any atom is 0.262 e. The van der Waals surface area contributed by atoms with Gasteiger partial charge in [-0.15, -0.1) is 0 Å². The monoisotopic (exact) mass is 334 g/mol. The summed E-state index contributed by atoms with van der Waals surface area (Å²) in [6, 6.07) is 19.3. The summed E-state index contributed by atoms with van der Waals surface area (Å²) in [6.07, 6.45) is 0. The molecule has 0 saturated carbocycles. The Labute approximate surface area is 143 Å². The zero-order valence-electron chi connectivity index (χ0n) is 13.3. The first-order valence-corrected chi connectivity index (χ1v) is 7.88. The largest absolute Gasteiger partial charge is 0.484 e. The molecule has 4 aromatic rings. The molecule has 0 fully saturated rings. The molecule has 0 saturated heterocycles. The van der Waals surface area contributed by atoms with Gasteiger partial charge in [0.05, 0.1) is 5.52 Å². The average molecular weight is 334 g/mol. The lowest BCUT2D eigenvalue weighted by atomic mass is 10.1. The highest BCUT2D eigenvalue weighted by Gasteiger charge is 2.07. The smallest absolute Gasteiger partial charge is 0.262 e. The molecular formula is C20H15FN2O2. The second kappa shape index (κ2) is 6.28. The molecule has 3 aromatic carbocycles. The molecule has 0 radical (unpaired) electrons. The van der Waals surface area contributed by atoms with Crippen LogP contribution in [0.3, 0.4) is 0 Å². The SMILES string of the molecule is O=C(COc1ccc2c(c1)[nH]c1ccccc12)Nc1ccc(F)cc1. The van der Waals surface area contributed by atoms with Gasteiger partial charge < -0.3 is 15.0 Å². The van der Waals surface area contributed by atoms with Gasteiger partial charge in [0.2, 0.25) is 0 Å². The number of rotatable bonds is 4. The van der Waals surface area contributed by atoms with E-state index in [1.54, 1.807) is 0 Å². The van der Waals surface area contributed by atoms with Gasteiger partial charge in [0.15, 0.2) is 6.61 Å². The van der Waals surface area contributed by atoms with E-state index in [-0.39, 0.29) is 18.3 Å². The Balaban J connectivity index is 1.46. The highest BCUT2D eigenvalue weighted by Crippen LogP contribution is 2.28. The van der Waals surface area contributed by atoms with Crippen LogP contribution in [0.15, 0.2) is 66.7 Å². The second-order valence-corrected chi connectivity index (χ2v) is 5.72. The van der Waals surface area contributed by atoms with Crippen molar-refractivity contribution in [2.45, 2.75) is 0 Å². The Morgan fingerprint density at radius 1 is 0.960 bits per heavy atom. The predicted molar refractivity (Wildman–Crippen MR) is 96.3 cm³/mol. The maximum absolute atomic E-state index is 12.9. The van der Waals surface area contributed by atoms with Crippen LogP contribution >= 0.6 is 0 Å². The summed E-state index contributed by atoms with van der Waals surface area (Å²) in [5.74, 6) is -0.0439. The lowest BCUT2D eigenvalue weighted by Gasteiger charge is -2.07. The summed E-state index contributed by atoms with van der Waals surface area (Å²) in [5, 5.41) is 4.92. The number of anilines is 1. The standard InChI is InChI=1S/C20H15FN2O2/c21-13-5-7-14(8-6-13)22-20(24)12-25-15-9-10-17-16-3-1-2-4-18(16)23-19(17)11-15/h1-11,23H,12H2,(H,22,24). The summed E-state index contributed by atoms with van der Waals surface area (Å²) < 4.78 is 18.4. The van der Waals surface area contributed by atoms with E-state index in [4.69, 9.17) is 4.74 Å². The van der Waals surface area contributed by atoms with Crippen molar-refractivity contribution in [3.63, 3.8) is 0 Å². The lowest BCUT2D eigenvalue weighted by Crippen LogP contribution is -2.20. The molecule has 5 heteroatoms. The van der Waals surface area contributed by atoms with Gasteiger partial charge in [0.1, 0.15) is 11.6 Å². The number of hydrogen-bond donors (Lipinski definition) is 2. The Morgan fingerprint density at radius 2 is 1.72 bits per heavy atom. The number of nitrogens with one attached hydrogen (secondary N) is 2. The maximum atomic E-state index is 12.9. The average Bonchev–Trinajstić information content (AvgIpc) is 3.00. The van der Waals surface area contributed by atoms with Crippen LogP contribution in [0.25, 0.3) is 21.8 Å². The number of carbonyl (C=O) groups excluding carboxylic acids is 1. The van der Waals surface area contributed by atoms with Crippen molar-refractivity contribution in [1.29, 1.82) is 0 Å². The Kier molecular flexibility index (Phi) is 3.82. The molecule has 0 atom stereocenters. The molecule has 124 valence electrons. The number of para-hydroxylation sites is 1. The van der Waals surface area contributed by atoms with Gasteiger partial charge in [-0.1, -0.05) is 18.2 Å². The molecule has 1 amide bonds. The van der Waals surface area contributed by atoms with Crippen LogP contribution < -0.4 is 10.1 Å². The van der Waals surface area contributed by atoms with Crippen LogP contribution in [-0.4, -0.2) is 17.5 Å². The van der Waals surface area contributed by atoms with Crippen molar-refractivity contribution in [3.05, 3.63) is 72.5 Å². The first-order valence-electron chi connectivity index (χ1n) is 7.88. The molecule has 4 nitrogen and oxygen atoms in total. The first-order chi connectivity index (χ1) is 12.2. The molecule has 0 spiro atoms.